The molecule has 3 nitrogen and oxygen atoms in total. The first-order valence-corrected chi connectivity index (χ1v) is 11.0. The quantitative estimate of drug-likeness (QED) is 0.441. The molecule has 0 aliphatic heterocycles. The number of thiazole rings is 1. The van der Waals surface area contributed by atoms with E-state index in [0.717, 1.165) is 28.2 Å². The summed E-state index contributed by atoms with van der Waals surface area (Å²) in [5, 5.41) is 10.3. The van der Waals surface area contributed by atoms with Gasteiger partial charge in [-0.25, -0.2) is 4.98 Å². The van der Waals surface area contributed by atoms with Crippen molar-refractivity contribution < 1.29 is 4.79 Å². The van der Waals surface area contributed by atoms with Crippen molar-refractivity contribution in [1.29, 1.82) is 0 Å². The molecule has 0 bridgehead atoms. The molecule has 0 spiro atoms. The number of hydrogen-bond acceptors (Lipinski definition) is 4. The largest absolute Gasteiger partial charge is 0.349 e. The summed E-state index contributed by atoms with van der Waals surface area (Å²) < 4.78 is 0. The minimum absolute atomic E-state index is 0.00745. The number of carbonyl (C=O) groups is 1. The number of nitrogens with one attached hydrogen (secondary N) is 1. The van der Waals surface area contributed by atoms with Crippen LogP contribution in [0.1, 0.15) is 22.9 Å². The lowest BCUT2D eigenvalue weighted by molar-refractivity contribution is -0.121. The molecule has 0 aliphatic rings. The van der Waals surface area contributed by atoms with E-state index in [9.17, 15) is 4.79 Å². The number of thiophene rings is 1. The molecule has 2 heterocycles. The van der Waals surface area contributed by atoms with E-state index in [4.69, 9.17) is 0 Å². The molecule has 4 rings (SSSR count). The molecule has 1 amide bonds. The molecule has 2 aromatic carbocycles. The van der Waals surface area contributed by atoms with Crippen LogP contribution in [0.25, 0.3) is 10.6 Å². The second kappa shape index (κ2) is 8.95. The Kier molecular flexibility index (Phi) is 5.95. The molecule has 0 saturated carbocycles. The maximum Gasteiger partial charge on any atom is 0.226 e. The number of benzene rings is 2. The Bertz CT molecular complexity index is 1010. The minimum atomic E-state index is -0.0638. The summed E-state index contributed by atoms with van der Waals surface area (Å²) in [5.74, 6) is -0.00745. The van der Waals surface area contributed by atoms with Gasteiger partial charge in [0.25, 0.3) is 0 Å². The van der Waals surface area contributed by atoms with Crippen molar-refractivity contribution in [2.24, 2.45) is 0 Å². The van der Waals surface area contributed by atoms with Gasteiger partial charge in [-0.1, -0.05) is 60.7 Å². The van der Waals surface area contributed by atoms with Crippen LogP contribution in [0.15, 0.2) is 82.9 Å². The van der Waals surface area contributed by atoms with Gasteiger partial charge in [0, 0.05) is 16.3 Å². The highest BCUT2D eigenvalue weighted by Gasteiger charge is 2.17. The molecule has 140 valence electrons. The number of carbonyl (C=O) groups excluding carboxylic acids is 1. The number of amides is 1. The van der Waals surface area contributed by atoms with Crippen molar-refractivity contribution >= 4 is 28.6 Å². The van der Waals surface area contributed by atoms with Crippen molar-refractivity contribution in [2.45, 2.75) is 18.9 Å². The van der Waals surface area contributed by atoms with Crippen LogP contribution in [0.2, 0.25) is 0 Å². The van der Waals surface area contributed by atoms with E-state index in [-0.39, 0.29) is 11.9 Å². The zero-order valence-electron chi connectivity index (χ0n) is 15.2. The predicted octanol–water partition coefficient (Wildman–Crippen LogP) is 5.51. The summed E-state index contributed by atoms with van der Waals surface area (Å²) in [4.78, 5) is 17.4. The molecule has 28 heavy (non-hydrogen) atoms. The van der Waals surface area contributed by atoms with Crippen molar-refractivity contribution in [3.63, 3.8) is 0 Å². The summed E-state index contributed by atoms with van der Waals surface area (Å²) in [6, 6.07) is 22.4. The van der Waals surface area contributed by atoms with E-state index in [1.165, 1.54) is 5.56 Å². The first-order valence-electron chi connectivity index (χ1n) is 9.13. The summed E-state index contributed by atoms with van der Waals surface area (Å²) >= 11 is 3.23. The fourth-order valence-electron chi connectivity index (χ4n) is 3.10. The molecule has 5 heteroatoms. The Balaban J connectivity index is 1.46. The van der Waals surface area contributed by atoms with E-state index in [1.807, 2.05) is 47.2 Å². The van der Waals surface area contributed by atoms with Crippen molar-refractivity contribution in [3.8, 4) is 10.6 Å². The lowest BCUT2D eigenvalue weighted by atomic mass is 9.98. The van der Waals surface area contributed by atoms with Crippen LogP contribution in [-0.2, 0) is 17.6 Å². The Labute approximate surface area is 172 Å². The van der Waals surface area contributed by atoms with Crippen LogP contribution in [0.4, 0.5) is 0 Å². The van der Waals surface area contributed by atoms with Crippen LogP contribution in [0.5, 0.6) is 0 Å². The third kappa shape index (κ3) is 4.74. The van der Waals surface area contributed by atoms with Gasteiger partial charge in [0.1, 0.15) is 5.01 Å². The van der Waals surface area contributed by atoms with Gasteiger partial charge in [0.2, 0.25) is 5.91 Å². The summed E-state index contributed by atoms with van der Waals surface area (Å²) in [7, 11) is 0. The Morgan fingerprint density at radius 1 is 0.964 bits per heavy atom. The van der Waals surface area contributed by atoms with Crippen molar-refractivity contribution in [2.75, 3.05) is 0 Å². The van der Waals surface area contributed by atoms with Gasteiger partial charge >= 0.3 is 0 Å². The van der Waals surface area contributed by atoms with Gasteiger partial charge in [0.15, 0.2) is 0 Å². The lowest BCUT2D eigenvalue weighted by Gasteiger charge is -2.19. The average Bonchev–Trinajstić information content (AvgIpc) is 3.41. The standard InChI is InChI=1S/C23H20N2OS2/c26-22(14-20-16-28-23(24-20)19-11-12-27-15-19)25-21(18-9-5-2-6-10-18)13-17-7-3-1-4-8-17/h1-12,15-16,21H,13-14H2,(H,25,26)/t21-/m0/s1. The topological polar surface area (TPSA) is 42.0 Å². The molecule has 1 N–H and O–H groups in total. The van der Waals surface area contributed by atoms with Crippen LogP contribution < -0.4 is 5.32 Å². The predicted molar refractivity (Wildman–Crippen MR) is 117 cm³/mol. The zero-order chi connectivity index (χ0) is 19.2. The van der Waals surface area contributed by atoms with Gasteiger partial charge in [-0.15, -0.1) is 11.3 Å². The summed E-state index contributed by atoms with van der Waals surface area (Å²) in [6.45, 7) is 0. The van der Waals surface area contributed by atoms with E-state index < -0.39 is 0 Å². The monoisotopic (exact) mass is 404 g/mol. The second-order valence-electron chi connectivity index (χ2n) is 6.55. The average molecular weight is 405 g/mol. The number of hydrogen-bond donors (Lipinski definition) is 1. The van der Waals surface area contributed by atoms with Crippen molar-refractivity contribution in [1.82, 2.24) is 10.3 Å². The first-order chi connectivity index (χ1) is 13.8. The highest BCUT2D eigenvalue weighted by molar-refractivity contribution is 7.14. The van der Waals surface area contributed by atoms with E-state index in [2.05, 4.69) is 46.0 Å². The summed E-state index contributed by atoms with van der Waals surface area (Å²) in [5.41, 5.74) is 4.24. The Morgan fingerprint density at radius 3 is 2.43 bits per heavy atom. The molecule has 0 fully saturated rings. The van der Waals surface area contributed by atoms with Crippen LogP contribution in [0.3, 0.4) is 0 Å². The zero-order valence-corrected chi connectivity index (χ0v) is 16.9. The van der Waals surface area contributed by atoms with Crippen LogP contribution >= 0.6 is 22.7 Å². The van der Waals surface area contributed by atoms with Crippen LogP contribution in [-0.4, -0.2) is 10.9 Å². The van der Waals surface area contributed by atoms with Crippen molar-refractivity contribution in [3.05, 3.63) is 99.7 Å². The molecule has 4 aromatic rings. The van der Waals surface area contributed by atoms with E-state index in [0.29, 0.717) is 6.42 Å². The van der Waals surface area contributed by atoms with Gasteiger partial charge in [-0.05, 0) is 29.0 Å². The molecular weight excluding hydrogens is 384 g/mol. The lowest BCUT2D eigenvalue weighted by Crippen LogP contribution is -2.31. The number of rotatable bonds is 7. The smallest absolute Gasteiger partial charge is 0.226 e. The Morgan fingerprint density at radius 2 is 1.71 bits per heavy atom. The second-order valence-corrected chi connectivity index (χ2v) is 8.19. The normalized spacial score (nSPS) is 11.9. The van der Waals surface area contributed by atoms with E-state index >= 15 is 0 Å². The van der Waals surface area contributed by atoms with Gasteiger partial charge < -0.3 is 5.32 Å². The molecule has 0 aliphatic carbocycles. The molecule has 0 unspecified atom stereocenters. The first kappa shape index (κ1) is 18.6. The molecule has 2 aromatic heterocycles. The maximum atomic E-state index is 12.7. The number of aromatic nitrogens is 1. The SMILES string of the molecule is O=C(Cc1csc(-c2ccsc2)n1)N[C@@H](Cc1ccccc1)c1ccccc1. The molecule has 1 atom stereocenters. The minimum Gasteiger partial charge on any atom is -0.349 e. The molecular formula is C23H20N2OS2. The molecule has 0 radical (unpaired) electrons. The van der Waals surface area contributed by atoms with Gasteiger partial charge in [-0.3, -0.25) is 4.79 Å². The maximum absolute atomic E-state index is 12.7. The summed E-state index contributed by atoms with van der Waals surface area (Å²) in [6.07, 6.45) is 1.05. The van der Waals surface area contributed by atoms with Gasteiger partial charge in [0.05, 0.1) is 18.2 Å². The van der Waals surface area contributed by atoms with Crippen LogP contribution in [0, 0.1) is 0 Å². The highest BCUT2D eigenvalue weighted by atomic mass is 32.1. The number of nitrogens with zero attached hydrogens (tertiary/aromatic N) is 1. The molecule has 0 saturated heterocycles. The van der Waals surface area contributed by atoms with E-state index in [1.54, 1.807) is 22.7 Å². The van der Waals surface area contributed by atoms with Gasteiger partial charge in [-0.2, -0.15) is 11.3 Å². The fraction of sp³-hybridized carbons (Fsp3) is 0.130. The highest BCUT2D eigenvalue weighted by Crippen LogP contribution is 2.26. The third-order valence-corrected chi connectivity index (χ3v) is 6.10. The fourth-order valence-corrected chi connectivity index (χ4v) is 4.64. The Hall–Kier alpha value is -2.76. The third-order valence-electron chi connectivity index (χ3n) is 4.48.